The number of carbonyl (C=O) groups excluding carboxylic acids is 1. The largest absolute Gasteiger partial charge is 0.490 e. The van der Waals surface area contributed by atoms with Gasteiger partial charge in [-0.3, -0.25) is 9.59 Å². The van der Waals surface area contributed by atoms with E-state index >= 15 is 0 Å². The molecule has 1 unspecified atom stereocenters. The molecule has 0 aromatic heterocycles. The van der Waals surface area contributed by atoms with Crippen LogP contribution < -0.4 is 5.32 Å². The molecule has 0 saturated heterocycles. The minimum absolute atomic E-state index is 0.259. The van der Waals surface area contributed by atoms with Crippen molar-refractivity contribution in [1.82, 2.24) is 10.2 Å². The highest BCUT2D eigenvalue weighted by molar-refractivity contribution is 6.02. The lowest BCUT2D eigenvalue weighted by Gasteiger charge is -2.29. The number of carbonyl (C=O) groups is 3. The molecule has 0 saturated carbocycles. The first-order chi connectivity index (χ1) is 13.9. The summed E-state index contributed by atoms with van der Waals surface area (Å²) >= 11 is 0. The third-order valence-corrected chi connectivity index (χ3v) is 4.40. The fourth-order valence-electron chi connectivity index (χ4n) is 2.89. The zero-order valence-electron chi connectivity index (χ0n) is 16.7. The number of amides is 1. The van der Waals surface area contributed by atoms with Crippen LogP contribution in [-0.2, 0) is 27.5 Å². The van der Waals surface area contributed by atoms with Crippen LogP contribution >= 0.6 is 0 Å². The van der Waals surface area contributed by atoms with E-state index in [9.17, 15) is 27.9 Å². The van der Waals surface area contributed by atoms with Gasteiger partial charge in [0.05, 0.1) is 0 Å². The van der Waals surface area contributed by atoms with E-state index in [4.69, 9.17) is 9.90 Å². The third-order valence-electron chi connectivity index (χ3n) is 4.40. The minimum Gasteiger partial charge on any atom is -0.480 e. The number of carboxylic acids is 2. The number of hydrogen-bond acceptors (Lipinski definition) is 4. The maximum atomic E-state index is 12.5. The van der Waals surface area contributed by atoms with Crippen molar-refractivity contribution < 1.29 is 37.8 Å². The van der Waals surface area contributed by atoms with Crippen molar-refractivity contribution in [1.29, 1.82) is 0 Å². The number of nitrogens with one attached hydrogen (secondary N) is 1. The maximum Gasteiger partial charge on any atom is 0.490 e. The lowest BCUT2D eigenvalue weighted by molar-refractivity contribution is -0.192. The molecule has 1 atom stereocenters. The predicted molar refractivity (Wildman–Crippen MR) is 102 cm³/mol. The van der Waals surface area contributed by atoms with Crippen molar-refractivity contribution in [2.75, 3.05) is 14.1 Å². The summed E-state index contributed by atoms with van der Waals surface area (Å²) in [5.41, 5.74) is 0.815. The number of halogens is 3. The van der Waals surface area contributed by atoms with E-state index in [1.54, 1.807) is 6.08 Å². The average molecular weight is 430 g/mol. The molecule has 0 spiro atoms. The molecule has 166 valence electrons. The SMILES string of the molecule is CN(C)Cc1cccc(CNC(=O)C2(C(=O)O)CC=CCC2)c1.O=C(O)C(F)(F)F. The molecule has 0 radical (unpaired) electrons. The Labute approximate surface area is 172 Å². The number of rotatable bonds is 6. The van der Waals surface area contributed by atoms with Crippen molar-refractivity contribution in [2.24, 2.45) is 5.41 Å². The van der Waals surface area contributed by atoms with Crippen LogP contribution in [0.3, 0.4) is 0 Å². The molecule has 2 rings (SSSR count). The summed E-state index contributed by atoms with van der Waals surface area (Å²) in [7, 11) is 4.00. The quantitative estimate of drug-likeness (QED) is 0.473. The van der Waals surface area contributed by atoms with E-state index in [0.29, 0.717) is 19.4 Å². The zero-order valence-corrected chi connectivity index (χ0v) is 16.7. The van der Waals surface area contributed by atoms with E-state index in [-0.39, 0.29) is 6.42 Å². The monoisotopic (exact) mass is 430 g/mol. The third kappa shape index (κ3) is 7.51. The highest BCUT2D eigenvalue weighted by atomic mass is 19.4. The molecule has 10 heteroatoms. The standard InChI is InChI=1S/C18H24N2O3.C2HF3O2/c1-20(2)13-15-8-6-7-14(11-15)12-19-16(21)18(17(22)23)9-4-3-5-10-18;3-2(4,5)1(6)7/h3-4,6-8,11H,5,9-10,12-13H2,1-2H3,(H,19,21)(H,22,23);(H,6,7). The lowest BCUT2D eigenvalue weighted by atomic mass is 9.76. The molecule has 0 fully saturated rings. The van der Waals surface area contributed by atoms with Crippen LogP contribution in [0.4, 0.5) is 13.2 Å². The van der Waals surface area contributed by atoms with Gasteiger partial charge in [0.15, 0.2) is 0 Å². The van der Waals surface area contributed by atoms with Gasteiger partial charge in [0.1, 0.15) is 5.41 Å². The molecule has 30 heavy (non-hydrogen) atoms. The number of hydrogen-bond donors (Lipinski definition) is 3. The van der Waals surface area contributed by atoms with Gasteiger partial charge in [-0.1, -0.05) is 36.4 Å². The van der Waals surface area contributed by atoms with Crippen LogP contribution in [0.15, 0.2) is 36.4 Å². The van der Waals surface area contributed by atoms with E-state index in [1.165, 1.54) is 0 Å². The maximum absolute atomic E-state index is 12.5. The first kappa shape index (κ1) is 25.2. The Morgan fingerprint density at radius 2 is 1.73 bits per heavy atom. The minimum atomic E-state index is -5.08. The number of alkyl halides is 3. The summed E-state index contributed by atoms with van der Waals surface area (Å²) in [4.78, 5) is 35.0. The van der Waals surface area contributed by atoms with Crippen LogP contribution in [0.5, 0.6) is 0 Å². The Bertz CT molecular complexity index is 793. The molecular weight excluding hydrogens is 405 g/mol. The van der Waals surface area contributed by atoms with Gasteiger partial charge < -0.3 is 20.4 Å². The van der Waals surface area contributed by atoms with E-state index < -0.39 is 29.4 Å². The Hall–Kier alpha value is -2.88. The second-order valence-corrected chi connectivity index (χ2v) is 7.14. The highest BCUT2D eigenvalue weighted by Gasteiger charge is 2.45. The van der Waals surface area contributed by atoms with E-state index in [0.717, 1.165) is 17.7 Å². The van der Waals surface area contributed by atoms with Gasteiger partial charge in [-0.25, -0.2) is 4.79 Å². The molecule has 1 amide bonds. The Morgan fingerprint density at radius 3 is 2.20 bits per heavy atom. The topological polar surface area (TPSA) is 107 Å². The number of benzene rings is 1. The Morgan fingerprint density at radius 1 is 1.13 bits per heavy atom. The fourth-order valence-corrected chi connectivity index (χ4v) is 2.89. The zero-order chi connectivity index (χ0) is 22.9. The van der Waals surface area contributed by atoms with Crippen LogP contribution in [0, 0.1) is 5.41 Å². The summed E-state index contributed by atoms with van der Waals surface area (Å²) in [6.45, 7) is 1.17. The molecule has 0 bridgehead atoms. The van der Waals surface area contributed by atoms with Crippen molar-refractivity contribution in [3.05, 3.63) is 47.5 Å². The van der Waals surface area contributed by atoms with Gasteiger partial charge in [-0.2, -0.15) is 13.2 Å². The van der Waals surface area contributed by atoms with Gasteiger partial charge in [-0.05, 0) is 44.5 Å². The smallest absolute Gasteiger partial charge is 0.480 e. The number of carboxylic acid groups (broad SMARTS) is 2. The second-order valence-electron chi connectivity index (χ2n) is 7.14. The predicted octanol–water partition coefficient (Wildman–Crippen LogP) is 2.81. The molecule has 0 aliphatic heterocycles. The molecule has 1 aliphatic carbocycles. The van der Waals surface area contributed by atoms with Crippen LogP contribution in [0.2, 0.25) is 0 Å². The van der Waals surface area contributed by atoms with E-state index in [1.807, 2.05) is 44.4 Å². The van der Waals surface area contributed by atoms with Crippen molar-refractivity contribution in [3.8, 4) is 0 Å². The fraction of sp³-hybridized carbons (Fsp3) is 0.450. The summed E-state index contributed by atoms with van der Waals surface area (Å²) in [6, 6.07) is 7.97. The lowest BCUT2D eigenvalue weighted by Crippen LogP contribution is -2.46. The van der Waals surface area contributed by atoms with Crippen LogP contribution in [-0.4, -0.2) is 53.2 Å². The molecule has 3 N–H and O–H groups in total. The van der Waals surface area contributed by atoms with Crippen LogP contribution in [0.25, 0.3) is 0 Å². The Kier molecular flexibility index (Phi) is 9.03. The van der Waals surface area contributed by atoms with Gasteiger partial charge in [0, 0.05) is 13.1 Å². The summed E-state index contributed by atoms with van der Waals surface area (Å²) < 4.78 is 31.7. The number of allylic oxidation sites excluding steroid dienone is 2. The second kappa shape index (κ2) is 10.8. The summed E-state index contributed by atoms with van der Waals surface area (Å²) in [5, 5.41) is 19.4. The van der Waals surface area contributed by atoms with Crippen molar-refractivity contribution in [3.63, 3.8) is 0 Å². The van der Waals surface area contributed by atoms with E-state index in [2.05, 4.69) is 10.2 Å². The Balaban J connectivity index is 0.000000553. The van der Waals surface area contributed by atoms with Gasteiger partial charge in [0.25, 0.3) is 0 Å². The molecule has 1 aromatic carbocycles. The molecule has 1 aromatic rings. The van der Waals surface area contributed by atoms with Gasteiger partial charge in [-0.15, -0.1) is 0 Å². The molecule has 7 nitrogen and oxygen atoms in total. The first-order valence-corrected chi connectivity index (χ1v) is 9.08. The molecular formula is C20H25F3N2O5. The summed E-state index contributed by atoms with van der Waals surface area (Å²) in [6.07, 6.45) is -0.133. The normalized spacial score (nSPS) is 18.3. The van der Waals surface area contributed by atoms with Crippen molar-refractivity contribution >= 4 is 17.8 Å². The van der Waals surface area contributed by atoms with Crippen molar-refractivity contribution in [2.45, 2.75) is 38.5 Å². The summed E-state index contributed by atoms with van der Waals surface area (Å²) in [5.74, 6) is -4.19. The first-order valence-electron chi connectivity index (χ1n) is 9.08. The molecule has 1 aliphatic rings. The van der Waals surface area contributed by atoms with Crippen LogP contribution in [0.1, 0.15) is 30.4 Å². The van der Waals surface area contributed by atoms with Gasteiger partial charge >= 0.3 is 18.1 Å². The number of aliphatic carboxylic acids is 2. The average Bonchev–Trinajstić information content (AvgIpc) is 2.66. The van der Waals surface area contributed by atoms with Gasteiger partial charge in [0.2, 0.25) is 5.91 Å². The number of nitrogens with zero attached hydrogens (tertiary/aromatic N) is 1. The highest BCUT2D eigenvalue weighted by Crippen LogP contribution is 2.33. The molecule has 0 heterocycles.